The van der Waals surface area contributed by atoms with E-state index in [9.17, 15) is 9.18 Å². The Bertz CT molecular complexity index is 1640. The van der Waals surface area contributed by atoms with Gasteiger partial charge >= 0.3 is 5.69 Å². The number of fused-ring (bicyclic) bond motifs is 1. The Kier molecular flexibility index (Phi) is 11.0. The van der Waals surface area contributed by atoms with Crippen molar-refractivity contribution in [3.63, 3.8) is 0 Å². The van der Waals surface area contributed by atoms with Gasteiger partial charge in [0.25, 0.3) is 0 Å². The molecule has 0 aliphatic heterocycles. The minimum atomic E-state index is -0.844. The average molecular weight is 618 g/mol. The normalized spacial score (nSPS) is 12.9. The summed E-state index contributed by atoms with van der Waals surface area (Å²) in [5, 5.41) is 22.7. The van der Waals surface area contributed by atoms with Crippen molar-refractivity contribution in [3.8, 4) is 16.9 Å². The van der Waals surface area contributed by atoms with Gasteiger partial charge in [-0.25, -0.2) is 18.0 Å². The number of aryl methyl sites for hydroxylation is 1. The van der Waals surface area contributed by atoms with Gasteiger partial charge in [0.2, 0.25) is 0 Å². The van der Waals surface area contributed by atoms with Gasteiger partial charge in [-0.1, -0.05) is 17.7 Å². The smallest absolute Gasteiger partial charge is 0.354 e. The number of nitrogens with one attached hydrogen (secondary N) is 4. The molecule has 4 rings (SSSR count). The molecule has 0 radical (unpaired) electrons. The van der Waals surface area contributed by atoms with E-state index in [1.54, 1.807) is 37.3 Å². The van der Waals surface area contributed by atoms with Crippen LogP contribution in [0.3, 0.4) is 0 Å². The van der Waals surface area contributed by atoms with E-state index in [0.717, 1.165) is 5.56 Å². The van der Waals surface area contributed by atoms with Crippen molar-refractivity contribution in [1.82, 2.24) is 25.2 Å². The number of H-pyrrole nitrogens is 1. The number of amidine groups is 1. The molecule has 2 aromatic carbocycles. The predicted molar refractivity (Wildman–Crippen MR) is 163 cm³/mol. The van der Waals surface area contributed by atoms with E-state index >= 15 is 8.78 Å². The number of aliphatic hydroxyl groups is 1. The van der Waals surface area contributed by atoms with Crippen molar-refractivity contribution in [2.45, 2.75) is 44.7 Å². The highest BCUT2D eigenvalue weighted by Gasteiger charge is 2.17. The van der Waals surface area contributed by atoms with Crippen LogP contribution in [0, 0.1) is 17.0 Å². The lowest BCUT2D eigenvalue weighted by Gasteiger charge is -2.16. The first-order chi connectivity index (χ1) is 20.6. The van der Waals surface area contributed by atoms with Crippen LogP contribution < -0.4 is 22.1 Å². The topological polar surface area (TPSA) is 145 Å². The number of halogens is 4. The second-order valence-corrected chi connectivity index (χ2v) is 10.8. The number of nitrogens with two attached hydrogens (primary N) is 1. The van der Waals surface area contributed by atoms with Gasteiger partial charge in [-0.2, -0.15) is 4.98 Å². The molecule has 9 nitrogen and oxygen atoms in total. The highest BCUT2D eigenvalue weighted by atomic mass is 35.5. The molecule has 13 heteroatoms. The molecule has 7 N–H and O–H groups in total. The van der Waals surface area contributed by atoms with Crippen LogP contribution >= 0.6 is 11.6 Å². The molecular formula is C30H35ClF3N7O2. The minimum Gasteiger partial charge on any atom is -0.395 e. The number of rotatable bonds is 14. The van der Waals surface area contributed by atoms with E-state index < -0.39 is 24.0 Å². The van der Waals surface area contributed by atoms with Crippen LogP contribution in [0.15, 0.2) is 47.4 Å². The molecule has 2 heterocycles. The minimum absolute atomic E-state index is 0.0431. The molecule has 0 aliphatic carbocycles. The number of nitrogens with zero attached hydrogens (tertiary/aromatic N) is 2. The third-order valence-corrected chi connectivity index (χ3v) is 7.44. The second kappa shape index (κ2) is 14.6. The molecule has 43 heavy (non-hydrogen) atoms. The second-order valence-electron chi connectivity index (χ2n) is 10.4. The van der Waals surface area contributed by atoms with Crippen LogP contribution in [-0.4, -0.2) is 57.9 Å². The van der Waals surface area contributed by atoms with Gasteiger partial charge in [0.05, 0.1) is 23.0 Å². The number of aliphatic hydroxyl groups excluding tert-OH is 1. The monoisotopic (exact) mass is 617 g/mol. The summed E-state index contributed by atoms with van der Waals surface area (Å²) >= 11 is 6.19. The lowest BCUT2D eigenvalue weighted by molar-refractivity contribution is 0.258. The van der Waals surface area contributed by atoms with Crippen molar-refractivity contribution < 1.29 is 18.3 Å². The molecule has 230 valence electrons. The summed E-state index contributed by atoms with van der Waals surface area (Å²) in [6.07, 6.45) is 4.01. The Labute approximate surface area is 251 Å². The zero-order valence-corrected chi connectivity index (χ0v) is 24.4. The highest BCUT2D eigenvalue weighted by Crippen LogP contribution is 2.31. The Morgan fingerprint density at radius 1 is 1.21 bits per heavy atom. The maximum atomic E-state index is 15.1. The number of aromatic nitrogens is 3. The van der Waals surface area contributed by atoms with Gasteiger partial charge in [0.15, 0.2) is 5.82 Å². The third kappa shape index (κ3) is 8.02. The van der Waals surface area contributed by atoms with E-state index in [2.05, 4.69) is 20.6 Å². The van der Waals surface area contributed by atoms with Gasteiger partial charge in [-0.15, -0.1) is 0 Å². The molecule has 2 atom stereocenters. The largest absolute Gasteiger partial charge is 0.395 e. The maximum Gasteiger partial charge on any atom is 0.354 e. The Hall–Kier alpha value is -3.71. The molecule has 0 bridgehead atoms. The molecule has 2 aromatic heterocycles. The fourth-order valence-corrected chi connectivity index (χ4v) is 5.03. The molecule has 0 aliphatic rings. The van der Waals surface area contributed by atoms with Crippen molar-refractivity contribution in [2.24, 2.45) is 5.73 Å². The van der Waals surface area contributed by atoms with Gasteiger partial charge in [0.1, 0.15) is 24.0 Å². The zero-order valence-electron chi connectivity index (χ0n) is 23.7. The standard InChI is InChI=1S/C30H35ClF3N7O2/c1-17(37-8-3-9-38-27(36)14-32)22-7-6-21(13-25(22)33)41-15-19-12-26(39-29(19)40-30(41)43)23-10-18(11-24(31)28(23)34)4-2-5-20(35)16-42/h6-7,10-13,15,17,20,37,42H,2-5,8-9,14,16,35H2,1H3,(H2,36,38)(H,39,40,43)/t17-,20+/m0/s1. The molecule has 0 amide bonds. The van der Waals surface area contributed by atoms with Crippen LogP contribution in [-0.2, 0) is 6.42 Å². The van der Waals surface area contributed by atoms with E-state index in [4.69, 9.17) is 27.9 Å². The van der Waals surface area contributed by atoms with Crippen molar-refractivity contribution >= 4 is 28.5 Å². The lowest BCUT2D eigenvalue weighted by Crippen LogP contribution is -2.28. The third-order valence-electron chi connectivity index (χ3n) is 7.17. The SMILES string of the molecule is C[C@H](NCCCNC(=N)CF)c1ccc(-n2cc3cc(-c4cc(CCC[C@@H](N)CO)cc(Cl)c4F)[nH]c3nc2=O)cc1F. The van der Waals surface area contributed by atoms with Crippen LogP contribution in [0.25, 0.3) is 28.0 Å². The summed E-state index contributed by atoms with van der Waals surface area (Å²) in [7, 11) is 0. The first-order valence-corrected chi connectivity index (χ1v) is 14.4. The van der Waals surface area contributed by atoms with Crippen LogP contribution in [0.2, 0.25) is 5.02 Å². The zero-order chi connectivity index (χ0) is 31.1. The highest BCUT2D eigenvalue weighted by molar-refractivity contribution is 6.31. The van der Waals surface area contributed by atoms with E-state index in [1.807, 2.05) is 0 Å². The van der Waals surface area contributed by atoms with Gasteiger partial charge < -0.3 is 26.5 Å². The summed E-state index contributed by atoms with van der Waals surface area (Å²) in [5.41, 5.74) is 7.47. The average Bonchev–Trinajstić information content (AvgIpc) is 3.40. The Balaban J connectivity index is 1.52. The van der Waals surface area contributed by atoms with Crippen LogP contribution in [0.4, 0.5) is 13.2 Å². The molecule has 0 saturated heterocycles. The number of aromatic amines is 1. The van der Waals surface area contributed by atoms with E-state index in [-0.39, 0.29) is 46.4 Å². The number of alkyl halides is 1. The number of hydrogen-bond donors (Lipinski definition) is 6. The molecule has 0 spiro atoms. The van der Waals surface area contributed by atoms with Crippen molar-refractivity contribution in [1.29, 1.82) is 5.41 Å². The van der Waals surface area contributed by atoms with Gasteiger partial charge in [-0.3, -0.25) is 9.98 Å². The van der Waals surface area contributed by atoms with Crippen molar-refractivity contribution in [2.75, 3.05) is 26.4 Å². The van der Waals surface area contributed by atoms with Gasteiger partial charge in [0, 0.05) is 41.3 Å². The van der Waals surface area contributed by atoms with Gasteiger partial charge in [-0.05, 0) is 75.0 Å². The van der Waals surface area contributed by atoms with E-state index in [1.165, 1.54) is 16.8 Å². The molecule has 0 saturated carbocycles. The summed E-state index contributed by atoms with van der Waals surface area (Å²) in [6, 6.07) is 8.70. The molecular weight excluding hydrogens is 583 g/mol. The first-order valence-electron chi connectivity index (χ1n) is 14.0. The first kappa shape index (κ1) is 32.2. The molecule has 4 aromatic rings. The lowest BCUT2D eigenvalue weighted by atomic mass is 10.0. The summed E-state index contributed by atoms with van der Waals surface area (Å²) < 4.78 is 43.7. The number of benzene rings is 2. The van der Waals surface area contributed by atoms with Crippen LogP contribution in [0.5, 0.6) is 0 Å². The quantitative estimate of drug-likeness (QED) is 0.0697. The van der Waals surface area contributed by atoms with Crippen LogP contribution in [0.1, 0.15) is 43.4 Å². The predicted octanol–water partition coefficient (Wildman–Crippen LogP) is 4.53. The molecule has 0 fully saturated rings. The van der Waals surface area contributed by atoms with E-state index in [0.29, 0.717) is 55.4 Å². The summed E-state index contributed by atoms with van der Waals surface area (Å²) in [4.78, 5) is 20.0. The van der Waals surface area contributed by atoms with Crippen molar-refractivity contribution in [3.05, 3.63) is 80.9 Å². The Morgan fingerprint density at radius 3 is 2.72 bits per heavy atom. The fourth-order valence-electron chi connectivity index (χ4n) is 4.79. The molecule has 0 unspecified atom stereocenters. The number of hydrogen-bond acceptors (Lipinski definition) is 6. The summed E-state index contributed by atoms with van der Waals surface area (Å²) in [6.45, 7) is 1.80. The maximum absolute atomic E-state index is 15.1. The Morgan fingerprint density at radius 2 is 2.00 bits per heavy atom. The summed E-state index contributed by atoms with van der Waals surface area (Å²) in [5.74, 6) is -1.30. The fraction of sp³-hybridized carbons (Fsp3) is 0.367.